The first-order valence-corrected chi connectivity index (χ1v) is 8.49. The molecule has 0 spiro atoms. The van der Waals surface area contributed by atoms with Crippen molar-refractivity contribution >= 4 is 35.8 Å². The Kier molecular flexibility index (Phi) is 10.4. The smallest absolute Gasteiger partial charge is 0.221 e. The lowest BCUT2D eigenvalue weighted by Crippen LogP contribution is -2.40. The van der Waals surface area contributed by atoms with Gasteiger partial charge in [-0.2, -0.15) is 0 Å². The largest absolute Gasteiger partial charge is 0.357 e. The van der Waals surface area contributed by atoms with Crippen molar-refractivity contribution in [1.82, 2.24) is 20.9 Å². The second-order valence-corrected chi connectivity index (χ2v) is 5.74. The van der Waals surface area contributed by atoms with Gasteiger partial charge in [0.25, 0.3) is 0 Å². The maximum Gasteiger partial charge on any atom is 0.221 e. The standard InChI is InChI=1S/C17H27N5O.HI/c1-2-18-17(21-13-15-9-5-6-11-19-15)20-12-10-16(23)22-14-7-3-4-8-14;/h5-6,9,11,14H,2-4,7-8,10,12-13H2,1H3,(H,22,23)(H2,18,20,21);1H. The van der Waals surface area contributed by atoms with E-state index >= 15 is 0 Å². The van der Waals surface area contributed by atoms with Crippen molar-refractivity contribution in [3.63, 3.8) is 0 Å². The molecule has 0 atom stereocenters. The van der Waals surface area contributed by atoms with E-state index in [1.165, 1.54) is 12.8 Å². The summed E-state index contributed by atoms with van der Waals surface area (Å²) in [4.78, 5) is 20.6. The molecule has 1 aliphatic rings. The highest BCUT2D eigenvalue weighted by atomic mass is 127. The molecule has 0 aliphatic heterocycles. The van der Waals surface area contributed by atoms with Crippen LogP contribution in [0.25, 0.3) is 0 Å². The molecule has 2 rings (SSSR count). The Balaban J connectivity index is 0.00000288. The number of carbonyl (C=O) groups is 1. The average Bonchev–Trinajstić information content (AvgIpc) is 3.06. The molecule has 0 unspecified atom stereocenters. The Morgan fingerprint density at radius 3 is 2.75 bits per heavy atom. The minimum Gasteiger partial charge on any atom is -0.357 e. The molecule has 1 aromatic heterocycles. The number of aromatic nitrogens is 1. The summed E-state index contributed by atoms with van der Waals surface area (Å²) in [7, 11) is 0. The first-order valence-electron chi connectivity index (χ1n) is 8.49. The zero-order chi connectivity index (χ0) is 16.3. The molecule has 0 bridgehead atoms. The summed E-state index contributed by atoms with van der Waals surface area (Å²) in [6, 6.07) is 6.17. The van der Waals surface area contributed by atoms with Gasteiger partial charge in [-0.05, 0) is 31.9 Å². The molecule has 6 nitrogen and oxygen atoms in total. The fourth-order valence-electron chi connectivity index (χ4n) is 2.66. The highest BCUT2D eigenvalue weighted by Crippen LogP contribution is 2.17. The summed E-state index contributed by atoms with van der Waals surface area (Å²) in [5, 5.41) is 9.47. The van der Waals surface area contributed by atoms with Gasteiger partial charge >= 0.3 is 0 Å². The summed E-state index contributed by atoms with van der Waals surface area (Å²) in [5.41, 5.74) is 0.920. The van der Waals surface area contributed by atoms with Gasteiger partial charge in [-0.1, -0.05) is 18.9 Å². The van der Waals surface area contributed by atoms with Gasteiger partial charge in [0.2, 0.25) is 5.91 Å². The van der Waals surface area contributed by atoms with Gasteiger partial charge in [-0.25, -0.2) is 4.99 Å². The number of guanidine groups is 1. The molecule has 134 valence electrons. The lowest BCUT2D eigenvalue weighted by atomic mass is 10.2. The van der Waals surface area contributed by atoms with Crippen LogP contribution in [0.1, 0.15) is 44.7 Å². The summed E-state index contributed by atoms with van der Waals surface area (Å²) in [5.74, 6) is 0.830. The van der Waals surface area contributed by atoms with Crippen LogP contribution in [0, 0.1) is 0 Å². The summed E-state index contributed by atoms with van der Waals surface area (Å²) >= 11 is 0. The molecule has 1 aromatic rings. The Labute approximate surface area is 161 Å². The van der Waals surface area contributed by atoms with Crippen molar-refractivity contribution in [2.75, 3.05) is 13.1 Å². The molecule has 0 aromatic carbocycles. The highest BCUT2D eigenvalue weighted by Gasteiger charge is 2.16. The molecule has 24 heavy (non-hydrogen) atoms. The van der Waals surface area contributed by atoms with Gasteiger partial charge in [0.15, 0.2) is 5.96 Å². The van der Waals surface area contributed by atoms with Crippen LogP contribution in [0.15, 0.2) is 29.4 Å². The second-order valence-electron chi connectivity index (χ2n) is 5.74. The third-order valence-electron chi connectivity index (χ3n) is 3.83. The van der Waals surface area contributed by atoms with E-state index in [9.17, 15) is 4.79 Å². The monoisotopic (exact) mass is 445 g/mol. The van der Waals surface area contributed by atoms with Crippen molar-refractivity contribution < 1.29 is 4.79 Å². The van der Waals surface area contributed by atoms with E-state index in [0.29, 0.717) is 31.5 Å². The lowest BCUT2D eigenvalue weighted by molar-refractivity contribution is -0.121. The van der Waals surface area contributed by atoms with Gasteiger partial charge in [0, 0.05) is 31.7 Å². The van der Waals surface area contributed by atoms with Crippen LogP contribution in [-0.4, -0.2) is 36.0 Å². The van der Waals surface area contributed by atoms with E-state index in [1.54, 1.807) is 6.20 Å². The maximum atomic E-state index is 11.9. The van der Waals surface area contributed by atoms with Crippen molar-refractivity contribution in [3.05, 3.63) is 30.1 Å². The summed E-state index contributed by atoms with van der Waals surface area (Å²) in [6.45, 7) is 3.89. The molecular weight excluding hydrogens is 417 g/mol. The molecular formula is C17H28IN5O. The number of rotatable bonds is 7. The van der Waals surface area contributed by atoms with E-state index in [0.717, 1.165) is 25.1 Å². The normalized spacial score (nSPS) is 14.8. The van der Waals surface area contributed by atoms with E-state index in [4.69, 9.17) is 0 Å². The number of halogens is 1. The Morgan fingerprint density at radius 2 is 2.08 bits per heavy atom. The number of carbonyl (C=O) groups excluding carboxylic acids is 1. The van der Waals surface area contributed by atoms with Gasteiger partial charge in [0.05, 0.1) is 12.2 Å². The fourth-order valence-corrected chi connectivity index (χ4v) is 2.66. The molecule has 1 fully saturated rings. The number of pyridine rings is 1. The predicted octanol–water partition coefficient (Wildman–Crippen LogP) is 2.20. The third-order valence-corrected chi connectivity index (χ3v) is 3.83. The number of aliphatic imine (C=N–C) groups is 1. The van der Waals surface area contributed by atoms with Crippen LogP contribution in [0.5, 0.6) is 0 Å². The molecule has 7 heteroatoms. The number of hydrogen-bond acceptors (Lipinski definition) is 3. The summed E-state index contributed by atoms with van der Waals surface area (Å²) < 4.78 is 0. The van der Waals surface area contributed by atoms with Crippen LogP contribution in [-0.2, 0) is 11.3 Å². The van der Waals surface area contributed by atoms with Gasteiger partial charge in [0.1, 0.15) is 0 Å². The molecule has 1 amide bonds. The first-order chi connectivity index (χ1) is 11.3. The zero-order valence-electron chi connectivity index (χ0n) is 14.3. The van der Waals surface area contributed by atoms with Crippen molar-refractivity contribution in [3.8, 4) is 0 Å². The molecule has 1 saturated carbocycles. The van der Waals surface area contributed by atoms with Crippen LogP contribution in [0.3, 0.4) is 0 Å². The highest BCUT2D eigenvalue weighted by molar-refractivity contribution is 14.0. The Morgan fingerprint density at radius 1 is 1.29 bits per heavy atom. The predicted molar refractivity (Wildman–Crippen MR) is 107 cm³/mol. The van der Waals surface area contributed by atoms with Gasteiger partial charge < -0.3 is 16.0 Å². The average molecular weight is 445 g/mol. The number of nitrogens with one attached hydrogen (secondary N) is 3. The molecule has 1 aliphatic carbocycles. The minimum atomic E-state index is 0. The topological polar surface area (TPSA) is 78.4 Å². The fraction of sp³-hybridized carbons (Fsp3) is 0.588. The number of hydrogen-bond donors (Lipinski definition) is 3. The van der Waals surface area contributed by atoms with E-state index in [2.05, 4.69) is 25.9 Å². The SMILES string of the molecule is CCNC(=NCc1ccccn1)NCCC(=O)NC1CCCC1.I. The molecule has 0 radical (unpaired) electrons. The van der Waals surface area contributed by atoms with Crippen LogP contribution >= 0.6 is 24.0 Å². The third kappa shape index (κ3) is 7.94. The molecule has 1 heterocycles. The lowest BCUT2D eigenvalue weighted by Gasteiger charge is -2.13. The van der Waals surface area contributed by atoms with Crippen molar-refractivity contribution in [1.29, 1.82) is 0 Å². The zero-order valence-corrected chi connectivity index (χ0v) is 16.6. The second kappa shape index (κ2) is 12.0. The first kappa shape index (κ1) is 20.7. The van der Waals surface area contributed by atoms with E-state index in [1.807, 2.05) is 25.1 Å². The van der Waals surface area contributed by atoms with Crippen molar-refractivity contribution in [2.24, 2.45) is 4.99 Å². The number of nitrogens with zero attached hydrogens (tertiary/aromatic N) is 2. The maximum absolute atomic E-state index is 11.9. The number of amides is 1. The Bertz CT molecular complexity index is 503. The van der Waals surface area contributed by atoms with Gasteiger partial charge in [-0.15, -0.1) is 24.0 Å². The Hall–Kier alpha value is -1.38. The van der Waals surface area contributed by atoms with Crippen LogP contribution < -0.4 is 16.0 Å². The van der Waals surface area contributed by atoms with E-state index < -0.39 is 0 Å². The minimum absolute atomic E-state index is 0. The van der Waals surface area contributed by atoms with Crippen LogP contribution in [0.4, 0.5) is 0 Å². The summed E-state index contributed by atoms with van der Waals surface area (Å²) in [6.07, 6.45) is 6.92. The van der Waals surface area contributed by atoms with Crippen molar-refractivity contribution in [2.45, 2.75) is 51.6 Å². The van der Waals surface area contributed by atoms with Gasteiger partial charge in [-0.3, -0.25) is 9.78 Å². The van der Waals surface area contributed by atoms with Crippen LogP contribution in [0.2, 0.25) is 0 Å². The van der Waals surface area contributed by atoms with E-state index in [-0.39, 0.29) is 29.9 Å². The molecule has 3 N–H and O–H groups in total. The quantitative estimate of drug-likeness (QED) is 0.342. The molecule has 0 saturated heterocycles.